The van der Waals surface area contributed by atoms with Crippen LogP contribution >= 0.6 is 23.2 Å². The maximum atomic E-state index is 12.3. The number of hydrogen-bond acceptors (Lipinski definition) is 6. The molecular weight excluding hydrogens is 453 g/mol. The molecule has 0 saturated heterocycles. The zero-order valence-electron chi connectivity index (χ0n) is 17.3. The minimum atomic E-state index is -0.950. The summed E-state index contributed by atoms with van der Waals surface area (Å²) in [6, 6.07) is 19.5. The zero-order valence-corrected chi connectivity index (χ0v) is 18.8. The lowest BCUT2D eigenvalue weighted by atomic mass is 10.1. The topological polar surface area (TPSA) is 73.9 Å². The SMILES string of the molecule is CCc1ccccc1OC(=O)OCOC(=O)Cc1ccccc1Nc1c(Cl)cccc1Cl. The van der Waals surface area contributed by atoms with E-state index in [-0.39, 0.29) is 6.42 Å². The van der Waals surface area contributed by atoms with Crippen molar-refractivity contribution in [2.75, 3.05) is 12.1 Å². The summed E-state index contributed by atoms with van der Waals surface area (Å²) in [5.41, 5.74) is 2.71. The standard InChI is InChI=1S/C24H21Cl2NO5/c1-2-16-8-4-6-13-21(16)32-24(29)31-15-30-22(28)14-17-9-3-5-12-20(17)27-23-18(25)10-7-11-19(23)26/h3-13,27H,2,14-15H2,1H3. The Balaban J connectivity index is 1.54. The first-order valence-electron chi connectivity index (χ1n) is 9.85. The first-order valence-corrected chi connectivity index (χ1v) is 10.6. The Morgan fingerprint density at radius 1 is 0.844 bits per heavy atom. The highest BCUT2D eigenvalue weighted by molar-refractivity contribution is 6.39. The van der Waals surface area contributed by atoms with Crippen LogP contribution in [0.15, 0.2) is 66.7 Å². The summed E-state index contributed by atoms with van der Waals surface area (Å²) in [5, 5.41) is 4.05. The number of aryl methyl sites for hydroxylation is 1. The van der Waals surface area contributed by atoms with E-state index in [0.717, 1.165) is 5.56 Å². The molecule has 6 nitrogen and oxygen atoms in total. The summed E-state index contributed by atoms with van der Waals surface area (Å²) in [6.07, 6.45) is -0.303. The van der Waals surface area contributed by atoms with Gasteiger partial charge in [-0.2, -0.15) is 0 Å². The van der Waals surface area contributed by atoms with E-state index >= 15 is 0 Å². The molecule has 0 heterocycles. The van der Waals surface area contributed by atoms with E-state index in [2.05, 4.69) is 5.32 Å². The van der Waals surface area contributed by atoms with Gasteiger partial charge in [-0.15, -0.1) is 0 Å². The van der Waals surface area contributed by atoms with Crippen molar-refractivity contribution in [1.82, 2.24) is 0 Å². The minimum absolute atomic E-state index is 0.0533. The van der Waals surface area contributed by atoms with Crippen molar-refractivity contribution in [3.8, 4) is 5.75 Å². The van der Waals surface area contributed by atoms with E-state index in [9.17, 15) is 9.59 Å². The lowest BCUT2D eigenvalue weighted by Crippen LogP contribution is -2.17. The number of para-hydroxylation sites is 3. The number of nitrogens with one attached hydrogen (secondary N) is 1. The summed E-state index contributed by atoms with van der Waals surface area (Å²) in [6.45, 7) is 1.39. The third kappa shape index (κ3) is 6.39. The fourth-order valence-corrected chi connectivity index (χ4v) is 3.40. The lowest BCUT2D eigenvalue weighted by Gasteiger charge is -2.14. The average molecular weight is 474 g/mol. The van der Waals surface area contributed by atoms with Crippen LogP contribution in [0.2, 0.25) is 10.0 Å². The maximum Gasteiger partial charge on any atom is 0.516 e. The molecule has 3 aromatic carbocycles. The number of carbonyl (C=O) groups is 2. The quantitative estimate of drug-likeness (QED) is 0.227. The van der Waals surface area contributed by atoms with Crippen LogP contribution in [0.1, 0.15) is 18.1 Å². The molecule has 3 rings (SSSR count). The molecule has 0 unspecified atom stereocenters. The second-order valence-electron chi connectivity index (χ2n) is 6.65. The Morgan fingerprint density at radius 2 is 1.50 bits per heavy atom. The molecule has 1 N–H and O–H groups in total. The van der Waals surface area contributed by atoms with Crippen molar-refractivity contribution in [3.63, 3.8) is 0 Å². The van der Waals surface area contributed by atoms with E-state index in [1.165, 1.54) is 0 Å². The molecular formula is C24H21Cl2NO5. The van der Waals surface area contributed by atoms with Gasteiger partial charge in [0.2, 0.25) is 6.79 Å². The molecule has 32 heavy (non-hydrogen) atoms. The molecule has 0 fully saturated rings. The van der Waals surface area contributed by atoms with Crippen LogP contribution in [-0.4, -0.2) is 18.9 Å². The highest BCUT2D eigenvalue weighted by Gasteiger charge is 2.14. The predicted octanol–water partition coefficient (Wildman–Crippen LogP) is 6.56. The Bertz CT molecular complexity index is 1080. The number of ether oxygens (including phenoxy) is 3. The van der Waals surface area contributed by atoms with Gasteiger partial charge in [-0.05, 0) is 41.8 Å². The predicted molar refractivity (Wildman–Crippen MR) is 124 cm³/mol. The average Bonchev–Trinajstić information content (AvgIpc) is 2.78. The largest absolute Gasteiger partial charge is 0.516 e. The molecule has 166 valence electrons. The molecule has 0 aliphatic heterocycles. The molecule has 0 saturated carbocycles. The minimum Gasteiger partial charge on any atom is -0.427 e. The van der Waals surface area contributed by atoms with Crippen molar-refractivity contribution in [2.45, 2.75) is 19.8 Å². The van der Waals surface area contributed by atoms with E-state index in [1.54, 1.807) is 48.5 Å². The van der Waals surface area contributed by atoms with Crippen molar-refractivity contribution in [2.24, 2.45) is 0 Å². The van der Waals surface area contributed by atoms with Crippen molar-refractivity contribution in [3.05, 3.63) is 87.9 Å². The second-order valence-corrected chi connectivity index (χ2v) is 7.46. The fraction of sp³-hybridized carbons (Fsp3) is 0.167. The van der Waals surface area contributed by atoms with Gasteiger partial charge in [-0.25, -0.2) is 4.79 Å². The van der Waals surface area contributed by atoms with Crippen molar-refractivity contribution >= 4 is 46.7 Å². The van der Waals surface area contributed by atoms with E-state index in [4.69, 9.17) is 37.4 Å². The van der Waals surface area contributed by atoms with Gasteiger partial charge in [0.1, 0.15) is 5.75 Å². The summed E-state index contributed by atoms with van der Waals surface area (Å²) in [4.78, 5) is 24.1. The maximum absolute atomic E-state index is 12.3. The first kappa shape index (κ1) is 23.4. The summed E-state index contributed by atoms with van der Waals surface area (Å²) in [5.74, 6) is -0.171. The number of halogens is 2. The normalized spacial score (nSPS) is 10.3. The van der Waals surface area contributed by atoms with E-state index < -0.39 is 18.9 Å². The molecule has 0 amide bonds. The molecule has 0 spiro atoms. The zero-order chi connectivity index (χ0) is 22.9. The Kier molecular flexibility index (Phi) is 8.36. The van der Waals surface area contributed by atoms with E-state index in [0.29, 0.717) is 39.2 Å². The van der Waals surface area contributed by atoms with Gasteiger partial charge >= 0.3 is 12.1 Å². The van der Waals surface area contributed by atoms with Crippen LogP contribution in [0, 0.1) is 0 Å². The molecule has 0 atom stereocenters. The molecule has 0 bridgehead atoms. The molecule has 0 aliphatic carbocycles. The number of hydrogen-bond donors (Lipinski definition) is 1. The first-order chi connectivity index (χ1) is 15.5. The van der Waals surface area contributed by atoms with Crippen molar-refractivity contribution in [1.29, 1.82) is 0 Å². The smallest absolute Gasteiger partial charge is 0.427 e. The fourth-order valence-electron chi connectivity index (χ4n) is 2.91. The molecule has 0 radical (unpaired) electrons. The molecule has 0 aliphatic rings. The van der Waals surface area contributed by atoms with Crippen LogP contribution in [0.4, 0.5) is 16.2 Å². The summed E-state index contributed by atoms with van der Waals surface area (Å²) >= 11 is 12.4. The van der Waals surface area contributed by atoms with Crippen LogP contribution in [-0.2, 0) is 27.1 Å². The number of esters is 1. The molecule has 8 heteroatoms. The highest BCUT2D eigenvalue weighted by Crippen LogP contribution is 2.33. The number of rotatable bonds is 8. The summed E-state index contributed by atoms with van der Waals surface area (Å²) in [7, 11) is 0. The Morgan fingerprint density at radius 3 is 2.22 bits per heavy atom. The Labute approximate surface area is 196 Å². The third-order valence-corrected chi connectivity index (χ3v) is 5.15. The van der Waals surface area contributed by atoms with Gasteiger partial charge < -0.3 is 19.5 Å². The number of anilines is 2. The Hall–Kier alpha value is -3.22. The van der Waals surface area contributed by atoms with Crippen LogP contribution < -0.4 is 10.1 Å². The highest BCUT2D eigenvalue weighted by atomic mass is 35.5. The van der Waals surface area contributed by atoms with Gasteiger partial charge in [0.15, 0.2) is 0 Å². The van der Waals surface area contributed by atoms with Gasteiger partial charge in [0.25, 0.3) is 0 Å². The molecule has 3 aromatic rings. The third-order valence-electron chi connectivity index (χ3n) is 4.52. The monoisotopic (exact) mass is 473 g/mol. The van der Waals surface area contributed by atoms with Crippen LogP contribution in [0.25, 0.3) is 0 Å². The lowest BCUT2D eigenvalue weighted by molar-refractivity contribution is -0.151. The van der Waals surface area contributed by atoms with Crippen LogP contribution in [0.5, 0.6) is 5.75 Å². The molecule has 0 aromatic heterocycles. The van der Waals surface area contributed by atoms with E-state index in [1.807, 2.05) is 25.1 Å². The number of carbonyl (C=O) groups excluding carboxylic acids is 2. The van der Waals surface area contributed by atoms with Gasteiger partial charge in [0, 0.05) is 5.69 Å². The van der Waals surface area contributed by atoms with Crippen LogP contribution in [0.3, 0.4) is 0 Å². The van der Waals surface area contributed by atoms with Gasteiger partial charge in [-0.3, -0.25) is 4.79 Å². The van der Waals surface area contributed by atoms with Gasteiger partial charge in [-0.1, -0.05) is 72.6 Å². The summed E-state index contributed by atoms with van der Waals surface area (Å²) < 4.78 is 15.0. The second kappa shape index (κ2) is 11.4. The number of benzene rings is 3. The van der Waals surface area contributed by atoms with Crippen molar-refractivity contribution < 1.29 is 23.8 Å². The van der Waals surface area contributed by atoms with Gasteiger partial charge in [0.05, 0.1) is 22.2 Å².